The Morgan fingerprint density at radius 2 is 1.82 bits per heavy atom. The third-order valence-corrected chi connectivity index (χ3v) is 3.15. The molecule has 1 atom stereocenters. The van der Waals surface area contributed by atoms with Crippen LogP contribution in [0.1, 0.15) is 31.0 Å². The zero-order valence-corrected chi connectivity index (χ0v) is 11.6. The Morgan fingerprint density at radius 1 is 1.24 bits per heavy atom. The molecule has 1 aromatic carbocycles. The number of hydrogen-bond donors (Lipinski definition) is 0. The molecule has 0 spiro atoms. The molecular weight excluding hydrogens is 257 g/mol. The van der Waals surface area contributed by atoms with E-state index in [2.05, 4.69) is 19.1 Å². The second kappa shape index (κ2) is 4.52. The summed E-state index contributed by atoms with van der Waals surface area (Å²) in [4.78, 5) is 4.81. The second-order valence-electron chi connectivity index (χ2n) is 4.66. The van der Waals surface area contributed by atoms with E-state index < -0.39 is 5.00 Å². The fourth-order valence-electron chi connectivity index (χ4n) is 1.82. The molecule has 0 aromatic heterocycles. The number of nitrogens with zero attached hydrogens (tertiary/aromatic N) is 1. The summed E-state index contributed by atoms with van der Waals surface area (Å²) >= 11 is 12.5. The highest BCUT2D eigenvalue weighted by Crippen LogP contribution is 2.42. The van der Waals surface area contributed by atoms with Crippen molar-refractivity contribution in [2.24, 2.45) is 0 Å². The van der Waals surface area contributed by atoms with Crippen molar-refractivity contribution in [3.63, 3.8) is 0 Å². The van der Waals surface area contributed by atoms with Crippen LogP contribution in [0.4, 0.5) is 0 Å². The van der Waals surface area contributed by atoms with Gasteiger partial charge in [-0.25, -0.2) is 0 Å². The van der Waals surface area contributed by atoms with Crippen molar-refractivity contribution in [2.45, 2.75) is 31.8 Å². The summed E-state index contributed by atoms with van der Waals surface area (Å²) < 4.78 is 0. The summed E-state index contributed by atoms with van der Waals surface area (Å²) in [5, 5.41) is 2.34. The third-order valence-electron chi connectivity index (χ3n) is 2.69. The van der Waals surface area contributed by atoms with Gasteiger partial charge in [-0.2, -0.15) is 0 Å². The number of alkyl halides is 1. The van der Waals surface area contributed by atoms with Crippen molar-refractivity contribution in [2.75, 3.05) is 0 Å². The Hall–Kier alpha value is -0.700. The number of rotatable bonds is 2. The first-order chi connectivity index (χ1) is 7.89. The maximum Gasteiger partial charge on any atom is 0.128 e. The predicted octanol–water partition coefficient (Wildman–Crippen LogP) is 4.34. The van der Waals surface area contributed by atoms with Crippen LogP contribution in [-0.2, 0) is 4.84 Å². The van der Waals surface area contributed by atoms with Gasteiger partial charge in [0.25, 0.3) is 0 Å². The number of hydroxylamine groups is 2. The molecule has 2 nitrogen and oxygen atoms in total. The average molecular weight is 272 g/mol. The van der Waals surface area contributed by atoms with Gasteiger partial charge in [0, 0.05) is 0 Å². The summed E-state index contributed by atoms with van der Waals surface area (Å²) in [6.07, 6.45) is 1.54. The van der Waals surface area contributed by atoms with Crippen molar-refractivity contribution in [3.8, 4) is 0 Å². The fourth-order valence-corrected chi connectivity index (χ4v) is 2.21. The van der Waals surface area contributed by atoms with Gasteiger partial charge in [0.15, 0.2) is 0 Å². The molecule has 0 aliphatic carbocycles. The summed E-state index contributed by atoms with van der Waals surface area (Å²) in [6, 6.07) is 8.06. The van der Waals surface area contributed by atoms with E-state index in [0.29, 0.717) is 5.03 Å². The molecule has 0 radical (unpaired) electrons. The minimum absolute atomic E-state index is 0.134. The van der Waals surface area contributed by atoms with E-state index in [1.165, 1.54) is 11.8 Å². The summed E-state index contributed by atoms with van der Waals surface area (Å²) in [6.45, 7) is 5.80. The standard InChI is InChI=1S/C13H15Cl2NO/c1-9-4-6-10(7-5-9)12-11(14)8-17-16(12)13(2,3)15/h4-8,12H,1-3H3. The normalized spacial score (nSPS) is 21.2. The van der Waals surface area contributed by atoms with Crippen molar-refractivity contribution < 1.29 is 4.84 Å². The molecule has 0 saturated carbocycles. The quantitative estimate of drug-likeness (QED) is 0.586. The molecule has 4 heteroatoms. The van der Waals surface area contributed by atoms with Crippen LogP contribution in [0.2, 0.25) is 0 Å². The predicted molar refractivity (Wildman–Crippen MR) is 70.7 cm³/mol. The Labute approximate surface area is 112 Å². The van der Waals surface area contributed by atoms with Gasteiger partial charge in [0.1, 0.15) is 17.3 Å². The molecule has 0 fully saturated rings. The van der Waals surface area contributed by atoms with Crippen LogP contribution in [0.5, 0.6) is 0 Å². The first-order valence-corrected chi connectivity index (χ1v) is 6.22. The molecule has 0 amide bonds. The second-order valence-corrected chi connectivity index (χ2v) is 6.02. The lowest BCUT2D eigenvalue weighted by Crippen LogP contribution is -2.38. The highest BCUT2D eigenvalue weighted by Gasteiger charge is 2.39. The first-order valence-electron chi connectivity index (χ1n) is 5.47. The van der Waals surface area contributed by atoms with Gasteiger partial charge in [-0.1, -0.05) is 53.0 Å². The maximum atomic E-state index is 6.29. The molecule has 92 valence electrons. The number of benzene rings is 1. The lowest BCUT2D eigenvalue weighted by atomic mass is 10.0. The summed E-state index contributed by atoms with van der Waals surface area (Å²) in [5.41, 5.74) is 2.28. The van der Waals surface area contributed by atoms with Crippen molar-refractivity contribution in [1.82, 2.24) is 5.06 Å². The molecule has 1 aliphatic heterocycles. The van der Waals surface area contributed by atoms with Gasteiger partial charge in [0.2, 0.25) is 0 Å². The van der Waals surface area contributed by atoms with Crippen LogP contribution in [0.25, 0.3) is 0 Å². The average Bonchev–Trinajstić information content (AvgIpc) is 2.61. The van der Waals surface area contributed by atoms with E-state index in [1.807, 2.05) is 26.0 Å². The lowest BCUT2D eigenvalue weighted by Gasteiger charge is -2.33. The molecule has 17 heavy (non-hydrogen) atoms. The van der Waals surface area contributed by atoms with Gasteiger partial charge < -0.3 is 4.84 Å². The third kappa shape index (κ3) is 2.59. The number of hydrogen-bond acceptors (Lipinski definition) is 2. The first kappa shape index (κ1) is 12.7. The van der Waals surface area contributed by atoms with Gasteiger partial charge in [-0.05, 0) is 26.3 Å². The molecular formula is C13H15Cl2NO. The van der Waals surface area contributed by atoms with Gasteiger partial charge in [-0.3, -0.25) is 0 Å². The minimum Gasteiger partial charge on any atom is -0.410 e. The van der Waals surface area contributed by atoms with E-state index in [4.69, 9.17) is 28.0 Å². The van der Waals surface area contributed by atoms with Crippen molar-refractivity contribution in [1.29, 1.82) is 0 Å². The van der Waals surface area contributed by atoms with E-state index in [0.717, 1.165) is 5.56 Å². The van der Waals surface area contributed by atoms with Crippen LogP contribution >= 0.6 is 23.2 Å². The van der Waals surface area contributed by atoms with Crippen LogP contribution in [-0.4, -0.2) is 10.1 Å². The monoisotopic (exact) mass is 271 g/mol. The van der Waals surface area contributed by atoms with Crippen LogP contribution in [0.15, 0.2) is 35.6 Å². The lowest BCUT2D eigenvalue weighted by molar-refractivity contribution is -0.145. The van der Waals surface area contributed by atoms with E-state index >= 15 is 0 Å². The van der Waals surface area contributed by atoms with Crippen molar-refractivity contribution in [3.05, 3.63) is 46.7 Å². The van der Waals surface area contributed by atoms with E-state index in [-0.39, 0.29) is 6.04 Å². The SMILES string of the molecule is Cc1ccc(C2C(Cl)=CON2C(C)(C)Cl)cc1. The molecule has 0 bridgehead atoms. The summed E-state index contributed by atoms with van der Waals surface area (Å²) in [5.74, 6) is 0. The Morgan fingerprint density at radius 3 is 2.35 bits per heavy atom. The Balaban J connectivity index is 2.34. The molecule has 0 saturated heterocycles. The summed E-state index contributed by atoms with van der Waals surface area (Å²) in [7, 11) is 0. The minimum atomic E-state index is -0.622. The Bertz CT molecular complexity index is 434. The van der Waals surface area contributed by atoms with E-state index in [1.54, 1.807) is 5.06 Å². The fraction of sp³-hybridized carbons (Fsp3) is 0.385. The molecule has 1 unspecified atom stereocenters. The molecule has 1 heterocycles. The molecule has 1 aromatic rings. The van der Waals surface area contributed by atoms with Crippen molar-refractivity contribution >= 4 is 23.2 Å². The molecule has 1 aliphatic rings. The smallest absolute Gasteiger partial charge is 0.128 e. The highest BCUT2D eigenvalue weighted by atomic mass is 35.5. The number of aryl methyl sites for hydroxylation is 1. The van der Waals surface area contributed by atoms with Crippen LogP contribution < -0.4 is 0 Å². The molecule has 2 rings (SSSR count). The van der Waals surface area contributed by atoms with Gasteiger partial charge in [-0.15, -0.1) is 5.06 Å². The Kier molecular flexibility index (Phi) is 3.39. The van der Waals surface area contributed by atoms with Gasteiger partial charge in [0.05, 0.1) is 5.03 Å². The maximum absolute atomic E-state index is 6.29. The highest BCUT2D eigenvalue weighted by molar-refractivity contribution is 6.30. The number of halogens is 2. The zero-order valence-electron chi connectivity index (χ0n) is 10.1. The largest absolute Gasteiger partial charge is 0.410 e. The van der Waals surface area contributed by atoms with Gasteiger partial charge >= 0.3 is 0 Å². The topological polar surface area (TPSA) is 12.5 Å². The molecule has 0 N–H and O–H groups in total. The zero-order chi connectivity index (χ0) is 12.6. The van der Waals surface area contributed by atoms with E-state index in [9.17, 15) is 0 Å². The van der Waals surface area contributed by atoms with Crippen LogP contribution in [0, 0.1) is 6.92 Å². The van der Waals surface area contributed by atoms with Crippen LogP contribution in [0.3, 0.4) is 0 Å².